The van der Waals surface area contributed by atoms with Crippen LogP contribution in [-0.2, 0) is 0 Å². The molecule has 5 heteroatoms. The van der Waals surface area contributed by atoms with Crippen molar-refractivity contribution < 1.29 is 14.7 Å². The summed E-state index contributed by atoms with van der Waals surface area (Å²) in [7, 11) is 0.0585. The largest absolute Gasteiger partial charge is 0.707 e. The second kappa shape index (κ2) is 4.35. The molecule has 0 aliphatic rings. The maximum Gasteiger partial charge on any atom is 0.707 e. The van der Waals surface area contributed by atoms with E-state index in [9.17, 15) is 0 Å². The highest BCUT2D eigenvalue weighted by atomic mass is 16.6. The van der Waals surface area contributed by atoms with Crippen molar-refractivity contribution in [3.8, 4) is 5.75 Å². The lowest BCUT2D eigenvalue weighted by Crippen LogP contribution is -2.21. The number of benzene rings is 1. The van der Waals surface area contributed by atoms with E-state index in [-0.39, 0.29) is 0 Å². The van der Waals surface area contributed by atoms with E-state index in [2.05, 4.69) is 5.32 Å². The summed E-state index contributed by atoms with van der Waals surface area (Å²) in [6, 6.07) is 3.76. The second-order valence-corrected chi connectivity index (χ2v) is 3.13. The third-order valence-electron chi connectivity index (χ3n) is 1.97. The molecule has 0 saturated carbocycles. The van der Waals surface area contributed by atoms with E-state index in [0.717, 1.165) is 16.8 Å². The molecule has 0 aromatic heterocycles. The zero-order chi connectivity index (χ0) is 10.7. The van der Waals surface area contributed by atoms with Crippen molar-refractivity contribution >= 4 is 13.0 Å². The van der Waals surface area contributed by atoms with Crippen molar-refractivity contribution in [1.29, 1.82) is 0 Å². The predicted molar refractivity (Wildman–Crippen MR) is 56.3 cm³/mol. The molecular weight excluding hydrogens is 181 g/mol. The van der Waals surface area contributed by atoms with Gasteiger partial charge in [-0.2, -0.15) is 0 Å². The Kier molecular flexibility index (Phi) is 3.38. The van der Waals surface area contributed by atoms with Crippen LogP contribution in [0.1, 0.15) is 11.1 Å². The summed E-state index contributed by atoms with van der Waals surface area (Å²) >= 11 is 0. The van der Waals surface area contributed by atoms with Crippen molar-refractivity contribution in [2.75, 3.05) is 12.4 Å². The fourth-order valence-electron chi connectivity index (χ4n) is 1.39. The van der Waals surface area contributed by atoms with Crippen LogP contribution in [0.5, 0.6) is 5.75 Å². The molecule has 3 N–H and O–H groups in total. The van der Waals surface area contributed by atoms with E-state index >= 15 is 0 Å². The average Bonchev–Trinajstić information content (AvgIpc) is 2.10. The van der Waals surface area contributed by atoms with Gasteiger partial charge in [0.15, 0.2) is 0 Å². The van der Waals surface area contributed by atoms with Crippen LogP contribution in [0.4, 0.5) is 5.69 Å². The van der Waals surface area contributed by atoms with E-state index in [1.165, 1.54) is 0 Å². The summed E-state index contributed by atoms with van der Waals surface area (Å²) in [6.45, 7) is 3.71. The Morgan fingerprint density at radius 1 is 1.21 bits per heavy atom. The summed E-state index contributed by atoms with van der Waals surface area (Å²) in [5.74, 6) is 0.513. The van der Waals surface area contributed by atoms with Gasteiger partial charge in [-0.1, -0.05) is 0 Å². The lowest BCUT2D eigenvalue weighted by molar-refractivity contribution is 0.286. The molecule has 76 valence electrons. The minimum absolute atomic E-state index is 0.513. The number of aryl methyl sites for hydroxylation is 2. The van der Waals surface area contributed by atoms with Crippen LogP contribution in [0.15, 0.2) is 12.1 Å². The molecule has 1 aromatic carbocycles. The monoisotopic (exact) mass is 195 g/mol. The molecule has 4 nitrogen and oxygen atoms in total. The zero-order valence-electron chi connectivity index (χ0n) is 8.53. The molecule has 14 heavy (non-hydrogen) atoms. The van der Waals surface area contributed by atoms with Gasteiger partial charge in [-0.15, -0.1) is 0 Å². The molecule has 0 heterocycles. The van der Waals surface area contributed by atoms with Crippen molar-refractivity contribution in [3.05, 3.63) is 23.3 Å². The minimum atomic E-state index is -1.77. The summed E-state index contributed by atoms with van der Waals surface area (Å²) in [4.78, 5) is 0. The van der Waals surface area contributed by atoms with Gasteiger partial charge in [-0.25, -0.2) is 0 Å². The highest BCUT2D eigenvalue weighted by Crippen LogP contribution is 2.26. The molecule has 0 radical (unpaired) electrons. The molecule has 1 rings (SSSR count). The van der Waals surface area contributed by atoms with Gasteiger partial charge in [0.1, 0.15) is 5.75 Å². The Bertz CT molecular complexity index is 305. The number of rotatable bonds is 3. The van der Waals surface area contributed by atoms with Crippen LogP contribution < -0.4 is 9.97 Å². The number of hydrogen-bond donors (Lipinski definition) is 3. The Hall–Kier alpha value is -1.20. The summed E-state index contributed by atoms with van der Waals surface area (Å²) in [6.07, 6.45) is 0. The highest BCUT2D eigenvalue weighted by molar-refractivity contribution is 6.33. The molecule has 0 amide bonds. The van der Waals surface area contributed by atoms with Gasteiger partial charge in [-0.05, 0) is 37.1 Å². The molecule has 0 aliphatic carbocycles. The molecular formula is C9H14BNO3. The molecule has 0 aliphatic heterocycles. The van der Waals surface area contributed by atoms with Crippen LogP contribution in [0, 0.1) is 13.8 Å². The van der Waals surface area contributed by atoms with Crippen LogP contribution in [0.25, 0.3) is 0 Å². The van der Waals surface area contributed by atoms with Crippen molar-refractivity contribution in [2.45, 2.75) is 13.8 Å². The van der Waals surface area contributed by atoms with Gasteiger partial charge < -0.3 is 20.0 Å². The Balaban J connectivity index is 3.05. The van der Waals surface area contributed by atoms with Gasteiger partial charge in [-0.3, -0.25) is 0 Å². The van der Waals surface area contributed by atoms with Gasteiger partial charge in [0, 0.05) is 12.7 Å². The zero-order valence-corrected chi connectivity index (χ0v) is 8.53. The summed E-state index contributed by atoms with van der Waals surface area (Å²) < 4.78 is 4.86. The Morgan fingerprint density at radius 3 is 2.07 bits per heavy atom. The Labute approximate surface area is 83.7 Å². The van der Waals surface area contributed by atoms with E-state index in [4.69, 9.17) is 14.7 Å². The summed E-state index contributed by atoms with van der Waals surface area (Å²) in [5.41, 5.74) is 2.70. The fraction of sp³-hybridized carbons (Fsp3) is 0.333. The molecule has 0 saturated heterocycles. The number of anilines is 1. The minimum Gasteiger partial charge on any atom is -0.512 e. The fourth-order valence-corrected chi connectivity index (χ4v) is 1.39. The third-order valence-corrected chi connectivity index (χ3v) is 1.97. The van der Waals surface area contributed by atoms with Gasteiger partial charge in [0.2, 0.25) is 0 Å². The lowest BCUT2D eigenvalue weighted by Gasteiger charge is -2.13. The van der Waals surface area contributed by atoms with E-state index < -0.39 is 7.32 Å². The smallest absolute Gasteiger partial charge is 0.512 e. The second-order valence-electron chi connectivity index (χ2n) is 3.13. The van der Waals surface area contributed by atoms with Crippen molar-refractivity contribution in [1.82, 2.24) is 0 Å². The van der Waals surface area contributed by atoms with Crippen LogP contribution in [0.2, 0.25) is 0 Å². The van der Waals surface area contributed by atoms with Crippen molar-refractivity contribution in [3.63, 3.8) is 0 Å². The van der Waals surface area contributed by atoms with E-state index in [1.807, 2.05) is 33.0 Å². The average molecular weight is 195 g/mol. The number of nitrogens with one attached hydrogen (secondary N) is 1. The van der Waals surface area contributed by atoms with Crippen molar-refractivity contribution in [2.24, 2.45) is 0 Å². The molecule has 0 bridgehead atoms. The quantitative estimate of drug-likeness (QED) is 0.621. The topological polar surface area (TPSA) is 61.7 Å². The third kappa shape index (κ3) is 2.40. The maximum atomic E-state index is 8.70. The molecule has 0 fully saturated rings. The Morgan fingerprint density at radius 2 is 1.71 bits per heavy atom. The molecule has 0 unspecified atom stereocenters. The van der Waals surface area contributed by atoms with Crippen LogP contribution in [0.3, 0.4) is 0 Å². The van der Waals surface area contributed by atoms with Crippen LogP contribution >= 0.6 is 0 Å². The molecule has 0 spiro atoms. The van der Waals surface area contributed by atoms with E-state index in [1.54, 1.807) is 0 Å². The SMILES string of the molecule is CNc1cc(C)c(OB(O)O)c(C)c1. The van der Waals surface area contributed by atoms with Gasteiger partial charge >= 0.3 is 7.32 Å². The van der Waals surface area contributed by atoms with Gasteiger partial charge in [0.25, 0.3) is 0 Å². The first-order valence-electron chi connectivity index (χ1n) is 4.36. The summed E-state index contributed by atoms with van der Waals surface area (Å²) in [5, 5.41) is 20.4. The first-order chi connectivity index (χ1) is 6.54. The molecule has 0 atom stereocenters. The normalized spacial score (nSPS) is 9.79. The van der Waals surface area contributed by atoms with Gasteiger partial charge in [0.05, 0.1) is 0 Å². The highest BCUT2D eigenvalue weighted by Gasteiger charge is 2.15. The standard InChI is InChI=1S/C9H14BNO3/c1-6-4-8(11-3)5-7(2)9(6)14-10(12)13/h4-5,11-13H,1-3H3. The predicted octanol–water partition coefficient (Wildman–Crippen LogP) is 0.693. The first kappa shape index (κ1) is 10.9. The maximum absolute atomic E-state index is 8.70. The molecule has 1 aromatic rings. The first-order valence-corrected chi connectivity index (χ1v) is 4.36. The number of hydrogen-bond acceptors (Lipinski definition) is 4. The van der Waals surface area contributed by atoms with Crippen LogP contribution in [-0.4, -0.2) is 24.4 Å². The van der Waals surface area contributed by atoms with E-state index in [0.29, 0.717) is 5.75 Å². The lowest BCUT2D eigenvalue weighted by atomic mass is 10.1.